The third-order valence-electron chi connectivity index (χ3n) is 3.48. The maximum atomic E-state index is 13.1. The molecule has 1 aromatic carbocycles. The molecule has 4 nitrogen and oxygen atoms in total. The first-order chi connectivity index (χ1) is 9.04. The Morgan fingerprint density at radius 3 is 2.79 bits per heavy atom. The van der Waals surface area contributed by atoms with E-state index in [2.05, 4.69) is 5.32 Å². The van der Waals surface area contributed by atoms with Crippen LogP contribution in [0.4, 0.5) is 4.39 Å². The first kappa shape index (κ1) is 13.5. The Bertz CT molecular complexity index is 516. The molecular formula is C14H17FN2O2. The highest BCUT2D eigenvalue weighted by Gasteiger charge is 2.34. The van der Waals surface area contributed by atoms with Crippen molar-refractivity contribution in [2.75, 3.05) is 13.6 Å². The van der Waals surface area contributed by atoms with Crippen LogP contribution >= 0.6 is 0 Å². The normalized spacial score (nSPS) is 18.5. The number of hydrogen-bond acceptors (Lipinski definition) is 2. The van der Waals surface area contributed by atoms with Gasteiger partial charge in [0.2, 0.25) is 5.91 Å². The predicted molar refractivity (Wildman–Crippen MR) is 69.3 cm³/mol. The van der Waals surface area contributed by atoms with Gasteiger partial charge in [-0.1, -0.05) is 0 Å². The second kappa shape index (κ2) is 5.38. The summed E-state index contributed by atoms with van der Waals surface area (Å²) in [6, 6.07) is 3.66. The Morgan fingerprint density at radius 1 is 1.42 bits per heavy atom. The lowest BCUT2D eigenvalue weighted by atomic mass is 10.1. The van der Waals surface area contributed by atoms with Crippen molar-refractivity contribution in [1.82, 2.24) is 10.2 Å². The number of amides is 2. The van der Waals surface area contributed by atoms with E-state index in [4.69, 9.17) is 0 Å². The highest BCUT2D eigenvalue weighted by Crippen LogP contribution is 2.22. The summed E-state index contributed by atoms with van der Waals surface area (Å²) in [4.78, 5) is 25.7. The minimum absolute atomic E-state index is 0.148. The molecule has 2 rings (SSSR count). The van der Waals surface area contributed by atoms with Crippen LogP contribution in [0, 0.1) is 12.7 Å². The second-order valence-corrected chi connectivity index (χ2v) is 4.73. The molecule has 102 valence electrons. The van der Waals surface area contributed by atoms with Gasteiger partial charge in [-0.3, -0.25) is 9.59 Å². The molecule has 1 atom stereocenters. The molecule has 0 bridgehead atoms. The summed E-state index contributed by atoms with van der Waals surface area (Å²) >= 11 is 0. The van der Waals surface area contributed by atoms with Gasteiger partial charge in [0, 0.05) is 19.2 Å². The van der Waals surface area contributed by atoms with E-state index in [0.717, 1.165) is 6.42 Å². The van der Waals surface area contributed by atoms with Crippen molar-refractivity contribution in [3.05, 3.63) is 35.1 Å². The number of rotatable bonds is 2. The molecule has 0 spiro atoms. The number of likely N-dealkylation sites (N-methyl/N-ethyl adjacent to an activating group) is 1. The van der Waals surface area contributed by atoms with Crippen LogP contribution in [0.2, 0.25) is 0 Å². The molecular weight excluding hydrogens is 247 g/mol. The van der Waals surface area contributed by atoms with E-state index in [9.17, 15) is 14.0 Å². The number of hydrogen-bond donors (Lipinski definition) is 1. The summed E-state index contributed by atoms with van der Waals surface area (Å²) in [6.45, 7) is 2.26. The first-order valence-corrected chi connectivity index (χ1v) is 6.33. The molecule has 2 amide bonds. The van der Waals surface area contributed by atoms with Crippen molar-refractivity contribution in [3.63, 3.8) is 0 Å². The van der Waals surface area contributed by atoms with E-state index < -0.39 is 6.04 Å². The van der Waals surface area contributed by atoms with Crippen LogP contribution in [-0.2, 0) is 4.79 Å². The summed E-state index contributed by atoms with van der Waals surface area (Å²) in [6.07, 6.45) is 1.48. The van der Waals surface area contributed by atoms with Gasteiger partial charge in [-0.15, -0.1) is 0 Å². The fourth-order valence-electron chi connectivity index (χ4n) is 2.47. The van der Waals surface area contributed by atoms with Gasteiger partial charge in [0.05, 0.1) is 0 Å². The number of aryl methyl sites for hydroxylation is 1. The van der Waals surface area contributed by atoms with Gasteiger partial charge < -0.3 is 10.2 Å². The van der Waals surface area contributed by atoms with E-state index in [1.807, 2.05) is 0 Å². The van der Waals surface area contributed by atoms with Gasteiger partial charge in [-0.25, -0.2) is 4.39 Å². The maximum Gasteiger partial charge on any atom is 0.254 e. The van der Waals surface area contributed by atoms with Crippen LogP contribution < -0.4 is 5.32 Å². The molecule has 1 aliphatic heterocycles. The molecule has 0 aliphatic carbocycles. The number of nitrogens with one attached hydrogen (secondary N) is 1. The topological polar surface area (TPSA) is 49.4 Å². The minimum atomic E-state index is -0.415. The van der Waals surface area contributed by atoms with Crippen molar-refractivity contribution in [3.8, 4) is 0 Å². The Morgan fingerprint density at radius 2 is 2.16 bits per heavy atom. The van der Waals surface area contributed by atoms with Crippen LogP contribution in [0.3, 0.4) is 0 Å². The van der Waals surface area contributed by atoms with Crippen LogP contribution in [0.1, 0.15) is 28.8 Å². The van der Waals surface area contributed by atoms with E-state index in [1.54, 1.807) is 18.9 Å². The van der Waals surface area contributed by atoms with Crippen molar-refractivity contribution in [2.24, 2.45) is 0 Å². The largest absolute Gasteiger partial charge is 0.357 e. The molecule has 1 saturated heterocycles. The molecule has 1 aromatic rings. The zero-order chi connectivity index (χ0) is 14.0. The molecule has 1 unspecified atom stereocenters. The standard InChI is InChI=1S/C14H17FN2O2/c1-9-8-10(15)5-6-11(9)14(19)17-7-3-4-12(17)13(18)16-2/h5-6,8,12H,3-4,7H2,1-2H3,(H,16,18). The number of carbonyl (C=O) groups is 2. The van der Waals surface area contributed by atoms with E-state index >= 15 is 0 Å². The summed E-state index contributed by atoms with van der Waals surface area (Å²) < 4.78 is 13.1. The fraction of sp³-hybridized carbons (Fsp3) is 0.429. The highest BCUT2D eigenvalue weighted by atomic mass is 19.1. The Labute approximate surface area is 111 Å². The highest BCUT2D eigenvalue weighted by molar-refractivity contribution is 5.99. The minimum Gasteiger partial charge on any atom is -0.357 e. The SMILES string of the molecule is CNC(=O)C1CCCN1C(=O)c1ccc(F)cc1C. The molecule has 5 heteroatoms. The monoisotopic (exact) mass is 264 g/mol. The van der Waals surface area contributed by atoms with Gasteiger partial charge in [-0.05, 0) is 43.5 Å². The molecule has 1 N–H and O–H groups in total. The van der Waals surface area contributed by atoms with Gasteiger partial charge >= 0.3 is 0 Å². The zero-order valence-corrected chi connectivity index (χ0v) is 11.1. The van der Waals surface area contributed by atoms with Crippen LogP contribution in [0.5, 0.6) is 0 Å². The Balaban J connectivity index is 2.25. The predicted octanol–water partition coefficient (Wildman–Crippen LogP) is 1.48. The molecule has 0 aromatic heterocycles. The lowest BCUT2D eigenvalue weighted by Crippen LogP contribution is -2.45. The lowest BCUT2D eigenvalue weighted by molar-refractivity contribution is -0.124. The smallest absolute Gasteiger partial charge is 0.254 e. The summed E-state index contributed by atoms with van der Waals surface area (Å²) in [7, 11) is 1.56. The number of carbonyl (C=O) groups excluding carboxylic acids is 2. The third-order valence-corrected chi connectivity index (χ3v) is 3.48. The van der Waals surface area contributed by atoms with Crippen LogP contribution in [-0.4, -0.2) is 36.3 Å². The zero-order valence-electron chi connectivity index (χ0n) is 11.1. The fourth-order valence-corrected chi connectivity index (χ4v) is 2.47. The first-order valence-electron chi connectivity index (χ1n) is 6.33. The molecule has 19 heavy (non-hydrogen) atoms. The van der Waals surface area contributed by atoms with E-state index in [-0.39, 0.29) is 17.6 Å². The Kier molecular flexibility index (Phi) is 3.83. The van der Waals surface area contributed by atoms with Crippen molar-refractivity contribution in [1.29, 1.82) is 0 Å². The van der Waals surface area contributed by atoms with Crippen molar-refractivity contribution < 1.29 is 14.0 Å². The van der Waals surface area contributed by atoms with Crippen LogP contribution in [0.25, 0.3) is 0 Å². The average Bonchev–Trinajstić information content (AvgIpc) is 2.86. The third kappa shape index (κ3) is 2.59. The van der Waals surface area contributed by atoms with Crippen molar-refractivity contribution in [2.45, 2.75) is 25.8 Å². The molecule has 0 saturated carbocycles. The summed E-state index contributed by atoms with van der Waals surface area (Å²) in [5, 5.41) is 2.57. The van der Waals surface area contributed by atoms with Crippen molar-refractivity contribution >= 4 is 11.8 Å². The van der Waals surface area contributed by atoms with Gasteiger partial charge in [0.1, 0.15) is 11.9 Å². The number of likely N-dealkylation sites (tertiary alicyclic amines) is 1. The number of benzene rings is 1. The van der Waals surface area contributed by atoms with Gasteiger partial charge in [0.25, 0.3) is 5.91 Å². The van der Waals surface area contributed by atoms with E-state index in [0.29, 0.717) is 24.1 Å². The molecule has 1 heterocycles. The van der Waals surface area contributed by atoms with E-state index in [1.165, 1.54) is 18.2 Å². The average molecular weight is 264 g/mol. The number of halogens is 1. The lowest BCUT2D eigenvalue weighted by Gasteiger charge is -2.24. The number of nitrogens with zero attached hydrogens (tertiary/aromatic N) is 1. The Hall–Kier alpha value is -1.91. The molecule has 1 fully saturated rings. The second-order valence-electron chi connectivity index (χ2n) is 4.73. The van der Waals surface area contributed by atoms with Gasteiger partial charge in [0.15, 0.2) is 0 Å². The van der Waals surface area contributed by atoms with Crippen LogP contribution in [0.15, 0.2) is 18.2 Å². The molecule has 0 radical (unpaired) electrons. The van der Waals surface area contributed by atoms with Gasteiger partial charge in [-0.2, -0.15) is 0 Å². The quantitative estimate of drug-likeness (QED) is 0.879. The summed E-state index contributed by atoms with van der Waals surface area (Å²) in [5.41, 5.74) is 1.05. The summed E-state index contributed by atoms with van der Waals surface area (Å²) in [5.74, 6) is -0.715. The maximum absolute atomic E-state index is 13.1. The molecule has 1 aliphatic rings.